The van der Waals surface area contributed by atoms with E-state index in [1.54, 1.807) is 55.3 Å². The Morgan fingerprint density at radius 3 is 2.55 bits per heavy atom. The van der Waals surface area contributed by atoms with Crippen LogP contribution in [0.5, 0.6) is 5.75 Å². The maximum Gasteiger partial charge on any atom is 0.262 e. The van der Waals surface area contributed by atoms with Gasteiger partial charge in [-0.15, -0.1) is 0 Å². The van der Waals surface area contributed by atoms with Gasteiger partial charge in [0.05, 0.1) is 28.8 Å². The Kier molecular flexibility index (Phi) is 7.19. The van der Waals surface area contributed by atoms with E-state index < -0.39 is 10.0 Å². The molecular formula is C22H29N3O5S. The molecule has 0 saturated carbocycles. The van der Waals surface area contributed by atoms with Gasteiger partial charge in [0, 0.05) is 19.0 Å². The standard InChI is InChI=1S/C22H29N3O5S/c1-15-13-25(16(2)14-26)22(27)18-10-7-11-19(21(18)30-20(15)12-23-3)24-31(28,29)17-8-5-4-6-9-17/h4-11,15-16,20,23-24,26H,12-14H2,1-3H3/t15-,16-,20-/m1/s1. The maximum absolute atomic E-state index is 13.3. The molecule has 1 aliphatic heterocycles. The normalized spacial score (nSPS) is 20.3. The van der Waals surface area contributed by atoms with E-state index in [2.05, 4.69) is 10.0 Å². The first-order chi connectivity index (χ1) is 14.8. The number of hydrogen-bond donors (Lipinski definition) is 3. The molecule has 0 spiro atoms. The lowest BCUT2D eigenvalue weighted by atomic mass is 9.99. The molecule has 0 bridgehead atoms. The SMILES string of the molecule is CNC[C@H]1Oc2c(NS(=O)(=O)c3ccccc3)cccc2C(=O)N([C@H](C)CO)C[C@H]1C. The molecule has 1 heterocycles. The predicted octanol–water partition coefficient (Wildman–Crippen LogP) is 1.93. The van der Waals surface area contributed by atoms with E-state index in [1.165, 1.54) is 12.1 Å². The fraction of sp³-hybridized carbons (Fsp3) is 0.409. The number of aliphatic hydroxyl groups excluding tert-OH is 1. The number of aliphatic hydroxyl groups is 1. The molecule has 0 fully saturated rings. The van der Waals surface area contributed by atoms with Crippen LogP contribution in [0.15, 0.2) is 53.4 Å². The van der Waals surface area contributed by atoms with Crippen LogP contribution in [-0.2, 0) is 10.0 Å². The highest BCUT2D eigenvalue weighted by Gasteiger charge is 2.34. The molecule has 0 radical (unpaired) electrons. The van der Waals surface area contributed by atoms with Crippen LogP contribution in [0.4, 0.5) is 5.69 Å². The number of hydrogen-bond acceptors (Lipinski definition) is 6. The second-order valence-electron chi connectivity index (χ2n) is 7.78. The molecule has 0 saturated heterocycles. The highest BCUT2D eigenvalue weighted by atomic mass is 32.2. The molecule has 2 aromatic carbocycles. The molecule has 168 valence electrons. The summed E-state index contributed by atoms with van der Waals surface area (Å²) in [5, 5.41) is 12.8. The molecule has 2 aromatic rings. The molecule has 8 nitrogen and oxygen atoms in total. The van der Waals surface area contributed by atoms with Crippen LogP contribution in [-0.4, -0.2) is 63.2 Å². The zero-order valence-corrected chi connectivity index (χ0v) is 18.7. The van der Waals surface area contributed by atoms with Gasteiger partial charge in [-0.1, -0.05) is 31.2 Å². The van der Waals surface area contributed by atoms with Crippen LogP contribution in [0.25, 0.3) is 0 Å². The van der Waals surface area contributed by atoms with E-state index in [-0.39, 0.29) is 52.5 Å². The lowest BCUT2D eigenvalue weighted by molar-refractivity contribution is 0.0417. The third-order valence-corrected chi connectivity index (χ3v) is 6.78. The minimum Gasteiger partial charge on any atom is -0.486 e. The Morgan fingerprint density at radius 1 is 1.19 bits per heavy atom. The van der Waals surface area contributed by atoms with Crippen LogP contribution >= 0.6 is 0 Å². The zero-order valence-electron chi connectivity index (χ0n) is 17.9. The van der Waals surface area contributed by atoms with Gasteiger partial charge < -0.3 is 20.1 Å². The second kappa shape index (κ2) is 9.67. The zero-order chi connectivity index (χ0) is 22.6. The molecule has 3 N–H and O–H groups in total. The van der Waals surface area contributed by atoms with Crippen LogP contribution < -0.4 is 14.8 Å². The molecule has 1 aliphatic rings. The van der Waals surface area contributed by atoms with Crippen molar-refractivity contribution in [2.24, 2.45) is 5.92 Å². The van der Waals surface area contributed by atoms with Crippen LogP contribution in [0, 0.1) is 5.92 Å². The lowest BCUT2D eigenvalue weighted by Gasteiger charge is -2.37. The van der Waals surface area contributed by atoms with Crippen LogP contribution in [0.2, 0.25) is 0 Å². The first kappa shape index (κ1) is 23.1. The summed E-state index contributed by atoms with van der Waals surface area (Å²) < 4.78 is 34.6. The monoisotopic (exact) mass is 447 g/mol. The number of benzene rings is 2. The third-order valence-electron chi connectivity index (χ3n) is 5.39. The van der Waals surface area contributed by atoms with Crippen molar-refractivity contribution in [3.8, 4) is 5.75 Å². The van der Waals surface area contributed by atoms with Gasteiger partial charge in [-0.2, -0.15) is 0 Å². The van der Waals surface area contributed by atoms with E-state index in [4.69, 9.17) is 4.74 Å². The highest BCUT2D eigenvalue weighted by Crippen LogP contribution is 2.35. The number of rotatable bonds is 7. The van der Waals surface area contributed by atoms with Gasteiger partial charge in [-0.25, -0.2) is 8.42 Å². The smallest absolute Gasteiger partial charge is 0.262 e. The van der Waals surface area contributed by atoms with Crippen molar-refractivity contribution in [2.45, 2.75) is 30.9 Å². The number of ether oxygens (including phenoxy) is 1. The van der Waals surface area contributed by atoms with Crippen LogP contribution in [0.1, 0.15) is 24.2 Å². The van der Waals surface area contributed by atoms with Gasteiger partial charge in [0.15, 0.2) is 5.75 Å². The van der Waals surface area contributed by atoms with E-state index in [0.717, 1.165) is 0 Å². The minimum atomic E-state index is -3.87. The van der Waals surface area contributed by atoms with Crippen LogP contribution in [0.3, 0.4) is 0 Å². The first-order valence-electron chi connectivity index (χ1n) is 10.2. The average Bonchev–Trinajstić information content (AvgIpc) is 2.76. The number of nitrogens with one attached hydrogen (secondary N) is 2. The highest BCUT2D eigenvalue weighted by molar-refractivity contribution is 7.92. The summed E-state index contributed by atoms with van der Waals surface area (Å²) in [6.07, 6.45) is -0.312. The van der Waals surface area contributed by atoms with Crippen molar-refractivity contribution in [2.75, 3.05) is 31.5 Å². The largest absolute Gasteiger partial charge is 0.486 e. The minimum absolute atomic E-state index is 0.0580. The third kappa shape index (κ3) is 5.00. The van der Waals surface area contributed by atoms with Crippen molar-refractivity contribution in [3.05, 3.63) is 54.1 Å². The van der Waals surface area contributed by atoms with Gasteiger partial charge in [-0.05, 0) is 38.2 Å². The Morgan fingerprint density at radius 2 is 1.90 bits per heavy atom. The number of para-hydroxylation sites is 1. The predicted molar refractivity (Wildman–Crippen MR) is 119 cm³/mol. The maximum atomic E-state index is 13.3. The van der Waals surface area contributed by atoms with Gasteiger partial charge >= 0.3 is 0 Å². The first-order valence-corrected chi connectivity index (χ1v) is 11.7. The van der Waals surface area contributed by atoms with Gasteiger partial charge in [0.25, 0.3) is 15.9 Å². The second-order valence-corrected chi connectivity index (χ2v) is 9.46. The summed E-state index contributed by atoms with van der Waals surface area (Å²) in [5.74, 6) is -0.182. The molecule has 3 atom stereocenters. The summed E-state index contributed by atoms with van der Waals surface area (Å²) in [7, 11) is -2.07. The van der Waals surface area contributed by atoms with E-state index in [0.29, 0.717) is 13.1 Å². The Balaban J connectivity index is 2.09. The molecule has 3 rings (SSSR count). The number of sulfonamides is 1. The number of likely N-dealkylation sites (N-methyl/N-ethyl adjacent to an activating group) is 1. The molecular weight excluding hydrogens is 418 g/mol. The molecule has 0 aromatic heterocycles. The number of anilines is 1. The topological polar surface area (TPSA) is 108 Å². The summed E-state index contributed by atoms with van der Waals surface area (Å²) in [5.41, 5.74) is 0.447. The summed E-state index contributed by atoms with van der Waals surface area (Å²) >= 11 is 0. The number of fused-ring (bicyclic) bond motifs is 1. The number of nitrogens with zero attached hydrogens (tertiary/aromatic N) is 1. The van der Waals surface area contributed by atoms with Crippen molar-refractivity contribution in [1.82, 2.24) is 10.2 Å². The quantitative estimate of drug-likeness (QED) is 0.599. The fourth-order valence-electron chi connectivity index (χ4n) is 3.57. The molecule has 1 amide bonds. The van der Waals surface area contributed by atoms with Crippen molar-refractivity contribution in [3.63, 3.8) is 0 Å². The fourth-order valence-corrected chi connectivity index (χ4v) is 4.66. The summed E-state index contributed by atoms with van der Waals surface area (Å²) in [6.45, 7) is 4.49. The van der Waals surface area contributed by atoms with Crippen molar-refractivity contribution >= 4 is 21.6 Å². The Labute approximate surface area is 183 Å². The Hall–Kier alpha value is -2.62. The number of carbonyl (C=O) groups is 1. The van der Waals surface area contributed by atoms with E-state index >= 15 is 0 Å². The van der Waals surface area contributed by atoms with Crippen molar-refractivity contribution < 1.29 is 23.1 Å². The molecule has 0 aliphatic carbocycles. The van der Waals surface area contributed by atoms with E-state index in [9.17, 15) is 18.3 Å². The summed E-state index contributed by atoms with van der Waals surface area (Å²) in [4.78, 5) is 15.1. The van der Waals surface area contributed by atoms with Gasteiger partial charge in [0.1, 0.15) is 6.10 Å². The van der Waals surface area contributed by atoms with E-state index in [1.807, 2.05) is 6.92 Å². The lowest BCUT2D eigenvalue weighted by Crippen LogP contribution is -2.49. The number of carbonyl (C=O) groups excluding carboxylic acids is 1. The van der Waals surface area contributed by atoms with Crippen molar-refractivity contribution in [1.29, 1.82) is 0 Å². The molecule has 9 heteroatoms. The average molecular weight is 448 g/mol. The molecule has 31 heavy (non-hydrogen) atoms. The summed E-state index contributed by atoms with van der Waals surface area (Å²) in [6, 6.07) is 12.4. The molecule has 0 unspecified atom stereocenters. The van der Waals surface area contributed by atoms with Gasteiger partial charge in [-0.3, -0.25) is 9.52 Å². The van der Waals surface area contributed by atoms with Gasteiger partial charge in [0.2, 0.25) is 0 Å². The Bertz CT molecular complexity index is 1010. The number of amides is 1.